The molecule has 0 bridgehead atoms. The number of benzene rings is 3. The Morgan fingerprint density at radius 1 is 0.643 bits per heavy atom. The molecule has 0 heterocycles. The molecule has 0 unspecified atom stereocenters. The highest BCUT2D eigenvalue weighted by atomic mass is 14.4. The normalized spacial score (nSPS) is 16.0. The first-order chi connectivity index (χ1) is 19.6. The molecule has 0 nitrogen and oxygen atoms in total. The van der Waals surface area contributed by atoms with Crippen molar-refractivity contribution in [2.45, 2.75) is 102 Å². The minimum Gasteiger partial charge on any atom is -0.0833 e. The highest BCUT2D eigenvalue weighted by Gasteiger charge is 2.36. The van der Waals surface area contributed by atoms with Gasteiger partial charge in [-0.3, -0.25) is 0 Å². The van der Waals surface area contributed by atoms with Crippen LogP contribution in [0.3, 0.4) is 0 Å². The average molecular weight is 559 g/mol. The zero-order valence-corrected chi connectivity index (χ0v) is 28.7. The SMILES string of the molecule is CC=C(c1c(C(=CC)C(C)(C)C)c(C2C=CC=C2)c2c(CC)c3ccccc3cc2c1C(=CC)C(C)(C)C)C(C)(C)C. The predicted octanol–water partition coefficient (Wildman–Crippen LogP) is 13.1. The van der Waals surface area contributed by atoms with Crippen LogP contribution in [0.2, 0.25) is 0 Å². The van der Waals surface area contributed by atoms with Gasteiger partial charge in [0.1, 0.15) is 0 Å². The van der Waals surface area contributed by atoms with E-state index in [1.54, 1.807) is 0 Å². The van der Waals surface area contributed by atoms with Gasteiger partial charge >= 0.3 is 0 Å². The zero-order chi connectivity index (χ0) is 31.2. The molecule has 0 aromatic heterocycles. The second-order valence-corrected chi connectivity index (χ2v) is 15.0. The Hall–Kier alpha value is -3.12. The van der Waals surface area contributed by atoms with E-state index in [0.29, 0.717) is 0 Å². The summed E-state index contributed by atoms with van der Waals surface area (Å²) < 4.78 is 0. The number of fused-ring (bicyclic) bond motifs is 2. The van der Waals surface area contributed by atoms with E-state index in [9.17, 15) is 0 Å². The van der Waals surface area contributed by atoms with Crippen molar-refractivity contribution in [3.8, 4) is 0 Å². The molecule has 0 heteroatoms. The lowest BCUT2D eigenvalue weighted by atomic mass is 9.66. The third kappa shape index (κ3) is 5.50. The smallest absolute Gasteiger partial charge is 0.0217 e. The lowest BCUT2D eigenvalue weighted by molar-refractivity contribution is 0.555. The van der Waals surface area contributed by atoms with E-state index in [-0.39, 0.29) is 22.2 Å². The maximum absolute atomic E-state index is 2.51. The predicted molar refractivity (Wildman–Crippen MR) is 191 cm³/mol. The van der Waals surface area contributed by atoms with Gasteiger partial charge in [-0.1, -0.05) is 136 Å². The van der Waals surface area contributed by atoms with Crippen molar-refractivity contribution in [2.75, 3.05) is 0 Å². The van der Waals surface area contributed by atoms with Gasteiger partial charge in [-0.2, -0.15) is 0 Å². The van der Waals surface area contributed by atoms with Gasteiger partial charge in [-0.05, 0) is 116 Å². The monoisotopic (exact) mass is 558 g/mol. The summed E-state index contributed by atoms with van der Waals surface area (Å²) >= 11 is 0. The van der Waals surface area contributed by atoms with Crippen LogP contribution in [0, 0.1) is 16.2 Å². The van der Waals surface area contributed by atoms with Crippen LogP contribution in [0.5, 0.6) is 0 Å². The third-order valence-electron chi connectivity index (χ3n) is 9.00. The van der Waals surface area contributed by atoms with Crippen molar-refractivity contribution in [3.05, 3.63) is 101 Å². The molecule has 222 valence electrons. The number of allylic oxidation sites excluding steroid dienone is 10. The molecule has 0 atom stereocenters. The molecule has 0 saturated heterocycles. The van der Waals surface area contributed by atoms with E-state index >= 15 is 0 Å². The standard InChI is InChI=1S/C42H54/c1-14-29-30-25-21-20-24-28(30)26-31-36(29)35(27-22-18-19-23-27)38(33(16-3)41(8,9)10)39(34(17-4)42(11,12)13)37(31)32(15-2)40(5,6)7/h15-27H,14H2,1-13H3. The number of rotatable bonds is 5. The highest BCUT2D eigenvalue weighted by Crippen LogP contribution is 2.54. The molecule has 4 rings (SSSR count). The Morgan fingerprint density at radius 2 is 1.12 bits per heavy atom. The molecule has 3 aromatic carbocycles. The van der Waals surface area contributed by atoms with Crippen LogP contribution in [0.25, 0.3) is 38.3 Å². The Bertz CT molecular complexity index is 1640. The number of hydrogen-bond donors (Lipinski definition) is 0. The van der Waals surface area contributed by atoms with Crippen molar-refractivity contribution in [2.24, 2.45) is 16.2 Å². The molecular formula is C42H54. The topological polar surface area (TPSA) is 0 Å². The Morgan fingerprint density at radius 3 is 1.60 bits per heavy atom. The fraction of sp³-hybridized carbons (Fsp3) is 0.429. The first-order valence-corrected chi connectivity index (χ1v) is 16.0. The molecule has 1 aliphatic rings. The Balaban J connectivity index is 2.56. The summed E-state index contributed by atoms with van der Waals surface area (Å²) in [6, 6.07) is 11.5. The largest absolute Gasteiger partial charge is 0.0833 e. The van der Waals surface area contributed by atoms with Gasteiger partial charge in [0, 0.05) is 5.92 Å². The summed E-state index contributed by atoms with van der Waals surface area (Å²) in [5.74, 6) is 0.223. The lowest BCUT2D eigenvalue weighted by Crippen LogP contribution is -2.21. The molecule has 1 aliphatic carbocycles. The molecule has 0 aliphatic heterocycles. The van der Waals surface area contributed by atoms with E-state index in [1.807, 2.05) is 0 Å². The molecular weight excluding hydrogens is 504 g/mol. The fourth-order valence-corrected chi connectivity index (χ4v) is 7.46. The van der Waals surface area contributed by atoms with Crippen LogP contribution in [-0.2, 0) is 6.42 Å². The zero-order valence-electron chi connectivity index (χ0n) is 28.7. The molecule has 0 radical (unpaired) electrons. The minimum atomic E-state index is -0.0392. The van der Waals surface area contributed by atoms with Gasteiger partial charge in [0.25, 0.3) is 0 Å². The van der Waals surface area contributed by atoms with Gasteiger partial charge in [0.15, 0.2) is 0 Å². The first-order valence-electron chi connectivity index (χ1n) is 16.0. The van der Waals surface area contributed by atoms with E-state index in [0.717, 1.165) is 6.42 Å². The minimum absolute atomic E-state index is 0.0328. The van der Waals surface area contributed by atoms with Crippen molar-refractivity contribution in [3.63, 3.8) is 0 Å². The van der Waals surface area contributed by atoms with Gasteiger partial charge in [0.05, 0.1) is 0 Å². The quantitative estimate of drug-likeness (QED) is 0.273. The van der Waals surface area contributed by atoms with Crippen molar-refractivity contribution < 1.29 is 0 Å². The maximum atomic E-state index is 2.51. The first kappa shape index (κ1) is 31.8. The molecule has 0 saturated carbocycles. The summed E-state index contributed by atoms with van der Waals surface area (Å²) in [5, 5.41) is 5.54. The summed E-state index contributed by atoms with van der Waals surface area (Å²) in [6.45, 7) is 30.5. The average Bonchev–Trinajstić information content (AvgIpc) is 3.42. The summed E-state index contributed by atoms with van der Waals surface area (Å²) in [7, 11) is 0. The molecule has 3 aromatic rings. The van der Waals surface area contributed by atoms with Crippen molar-refractivity contribution >= 4 is 38.3 Å². The maximum Gasteiger partial charge on any atom is 0.0217 e. The van der Waals surface area contributed by atoms with Crippen LogP contribution in [-0.4, -0.2) is 0 Å². The van der Waals surface area contributed by atoms with Gasteiger partial charge < -0.3 is 0 Å². The molecule has 0 amide bonds. The lowest BCUT2D eigenvalue weighted by Gasteiger charge is -2.38. The van der Waals surface area contributed by atoms with Crippen LogP contribution < -0.4 is 0 Å². The van der Waals surface area contributed by atoms with Crippen molar-refractivity contribution in [1.82, 2.24) is 0 Å². The second-order valence-electron chi connectivity index (χ2n) is 15.0. The molecule has 0 spiro atoms. The summed E-state index contributed by atoms with van der Waals surface area (Å²) in [6.07, 6.45) is 17.4. The summed E-state index contributed by atoms with van der Waals surface area (Å²) in [4.78, 5) is 0. The van der Waals surface area contributed by atoms with E-state index < -0.39 is 0 Å². The van der Waals surface area contributed by atoms with Crippen LogP contribution in [0.4, 0.5) is 0 Å². The number of aryl methyl sites for hydroxylation is 1. The number of hydrogen-bond acceptors (Lipinski definition) is 0. The molecule has 42 heavy (non-hydrogen) atoms. The highest BCUT2D eigenvalue weighted by molar-refractivity contribution is 6.13. The second kappa shape index (κ2) is 11.5. The molecule has 0 fully saturated rings. The van der Waals surface area contributed by atoms with E-state index in [1.165, 1.54) is 66.1 Å². The summed E-state index contributed by atoms with van der Waals surface area (Å²) in [5.41, 5.74) is 11.3. The van der Waals surface area contributed by atoms with Gasteiger partial charge in [-0.25, -0.2) is 0 Å². The van der Waals surface area contributed by atoms with Crippen LogP contribution >= 0.6 is 0 Å². The van der Waals surface area contributed by atoms with Gasteiger partial charge in [-0.15, -0.1) is 0 Å². The van der Waals surface area contributed by atoms with E-state index in [4.69, 9.17) is 0 Å². The van der Waals surface area contributed by atoms with Gasteiger partial charge in [0.2, 0.25) is 0 Å². The van der Waals surface area contributed by atoms with Crippen molar-refractivity contribution in [1.29, 1.82) is 0 Å². The Kier molecular flexibility index (Phi) is 8.72. The van der Waals surface area contributed by atoms with Crippen LogP contribution in [0.15, 0.2) is 72.9 Å². The van der Waals surface area contributed by atoms with Crippen LogP contribution in [0.1, 0.15) is 124 Å². The fourth-order valence-electron chi connectivity index (χ4n) is 7.46. The van der Waals surface area contributed by atoms with E-state index in [2.05, 4.69) is 163 Å². The Labute approximate surface area is 257 Å². The molecule has 0 N–H and O–H groups in total. The third-order valence-corrected chi connectivity index (χ3v) is 9.00.